The molecule has 1 aliphatic rings. The van der Waals surface area contributed by atoms with Gasteiger partial charge in [0, 0.05) is 18.6 Å². The normalized spacial score (nSPS) is 15.8. The summed E-state index contributed by atoms with van der Waals surface area (Å²) in [7, 11) is 0. The quantitative estimate of drug-likeness (QED) is 0.229. The molecule has 0 bridgehead atoms. The summed E-state index contributed by atoms with van der Waals surface area (Å²) in [6.07, 6.45) is -2.61. The average molecular weight is 570 g/mol. The van der Waals surface area contributed by atoms with E-state index in [1.165, 1.54) is 21.3 Å². The number of anilines is 1. The monoisotopic (exact) mass is 569 g/mol. The van der Waals surface area contributed by atoms with E-state index < -0.39 is 23.9 Å². The number of benzene rings is 3. The molecule has 10 heteroatoms. The second-order valence-corrected chi connectivity index (χ2v) is 11.1. The highest BCUT2D eigenvalue weighted by atomic mass is 19.3. The summed E-state index contributed by atoms with van der Waals surface area (Å²) in [6.45, 7) is 7.96. The maximum Gasteiger partial charge on any atom is 0.296 e. The lowest BCUT2D eigenvalue weighted by molar-refractivity contribution is 0.0220. The molecule has 8 nitrogen and oxygen atoms in total. The molecule has 0 spiro atoms. The Balaban J connectivity index is 1.40. The van der Waals surface area contributed by atoms with E-state index >= 15 is 0 Å². The van der Waals surface area contributed by atoms with Crippen molar-refractivity contribution in [2.45, 2.75) is 45.3 Å². The van der Waals surface area contributed by atoms with Crippen molar-refractivity contribution in [3.8, 4) is 17.1 Å². The molecule has 6 rings (SSSR count). The number of aromatic nitrogens is 5. The minimum absolute atomic E-state index is 0.0665. The van der Waals surface area contributed by atoms with Gasteiger partial charge in [0.2, 0.25) is 11.9 Å². The van der Waals surface area contributed by atoms with Crippen LogP contribution in [-0.4, -0.2) is 49.7 Å². The highest BCUT2D eigenvalue weighted by Gasteiger charge is 2.28. The average Bonchev–Trinajstić information content (AvgIpc) is 3.38. The van der Waals surface area contributed by atoms with E-state index in [0.717, 1.165) is 5.56 Å². The van der Waals surface area contributed by atoms with Crippen molar-refractivity contribution >= 4 is 17.0 Å². The lowest BCUT2D eigenvalue weighted by Crippen LogP contribution is -2.36. The van der Waals surface area contributed by atoms with Crippen molar-refractivity contribution in [2.24, 2.45) is 0 Å². The molecule has 42 heavy (non-hydrogen) atoms. The van der Waals surface area contributed by atoms with Gasteiger partial charge in [0.25, 0.3) is 6.43 Å². The summed E-state index contributed by atoms with van der Waals surface area (Å²) < 4.78 is 35.7. The molecule has 2 N–H and O–H groups in total. The third kappa shape index (κ3) is 5.73. The molecule has 1 aliphatic heterocycles. The van der Waals surface area contributed by atoms with Crippen molar-refractivity contribution < 1.29 is 13.5 Å². The van der Waals surface area contributed by atoms with Gasteiger partial charge in [-0.3, -0.25) is 4.57 Å². The molecule has 216 valence electrons. The summed E-state index contributed by atoms with van der Waals surface area (Å²) in [6, 6.07) is 23.6. The molecule has 5 aromatic rings. The first-order valence-corrected chi connectivity index (χ1v) is 14.1. The Labute approximate surface area is 243 Å². The van der Waals surface area contributed by atoms with Crippen LogP contribution in [0.1, 0.15) is 49.2 Å². The lowest BCUT2D eigenvalue weighted by Gasteiger charge is -2.29. The van der Waals surface area contributed by atoms with Crippen molar-refractivity contribution in [2.75, 3.05) is 25.0 Å². The van der Waals surface area contributed by atoms with Crippen LogP contribution < -0.4 is 10.6 Å². The van der Waals surface area contributed by atoms with Crippen LogP contribution in [0.5, 0.6) is 0 Å². The van der Waals surface area contributed by atoms with Gasteiger partial charge in [0.15, 0.2) is 11.6 Å². The smallest absolute Gasteiger partial charge is 0.296 e. The van der Waals surface area contributed by atoms with Gasteiger partial charge in [0.1, 0.15) is 6.10 Å². The predicted octanol–water partition coefficient (Wildman–Crippen LogP) is 6.22. The van der Waals surface area contributed by atoms with Crippen LogP contribution in [-0.2, 0) is 11.2 Å². The van der Waals surface area contributed by atoms with Crippen LogP contribution in [0.15, 0.2) is 72.8 Å². The molecular formula is C32H33F2N7O. The van der Waals surface area contributed by atoms with E-state index in [-0.39, 0.29) is 11.9 Å². The van der Waals surface area contributed by atoms with Gasteiger partial charge in [-0.2, -0.15) is 15.0 Å². The first kappa shape index (κ1) is 27.9. The molecular weight excluding hydrogens is 536 g/mol. The third-order valence-electron chi connectivity index (χ3n) is 7.37. The molecule has 1 unspecified atom stereocenters. The van der Waals surface area contributed by atoms with Gasteiger partial charge in [-0.05, 0) is 61.6 Å². The highest BCUT2D eigenvalue weighted by molar-refractivity contribution is 5.77. The van der Waals surface area contributed by atoms with Crippen LogP contribution >= 0.6 is 0 Å². The molecule has 2 aromatic heterocycles. The second kappa shape index (κ2) is 11.5. The fourth-order valence-electron chi connectivity index (χ4n) is 5.45. The number of rotatable bonds is 8. The summed E-state index contributed by atoms with van der Waals surface area (Å²) in [4.78, 5) is 18.2. The molecule has 1 atom stereocenters. The number of halogens is 2. The van der Waals surface area contributed by atoms with E-state index in [2.05, 4.69) is 70.6 Å². The first-order chi connectivity index (χ1) is 20.3. The zero-order chi connectivity index (χ0) is 29.3. The number of nitrogens with zero attached hydrogens (tertiary/aromatic N) is 5. The van der Waals surface area contributed by atoms with Crippen LogP contribution in [0.4, 0.5) is 14.7 Å². The molecule has 1 fully saturated rings. The Hall–Kier alpha value is -4.28. The van der Waals surface area contributed by atoms with Crippen molar-refractivity contribution in [3.05, 3.63) is 95.6 Å². The molecule has 0 saturated carbocycles. The van der Waals surface area contributed by atoms with E-state index in [0.29, 0.717) is 43.0 Å². The zero-order valence-electron chi connectivity index (χ0n) is 23.8. The molecule has 3 aromatic carbocycles. The van der Waals surface area contributed by atoms with Crippen molar-refractivity contribution in [1.29, 1.82) is 0 Å². The predicted molar refractivity (Wildman–Crippen MR) is 159 cm³/mol. The number of para-hydroxylation sites is 2. The van der Waals surface area contributed by atoms with Crippen LogP contribution in [0.3, 0.4) is 0 Å². The van der Waals surface area contributed by atoms with Gasteiger partial charge in [0.05, 0.1) is 17.6 Å². The highest BCUT2D eigenvalue weighted by Crippen LogP contribution is 2.31. The van der Waals surface area contributed by atoms with Crippen LogP contribution in [0.2, 0.25) is 0 Å². The van der Waals surface area contributed by atoms with Crippen molar-refractivity contribution in [3.63, 3.8) is 0 Å². The Bertz CT molecular complexity index is 1710. The minimum atomic E-state index is -2.82. The second-order valence-electron chi connectivity index (χ2n) is 11.1. The SMILES string of the molecule is Cc1ccccc1-c1ccccc1CC(C)(C)Nc1nc(C2CNCCO2)nc(-n2c(C(F)F)nc3ccccc32)n1. The largest absolute Gasteiger partial charge is 0.368 e. The number of fused-ring (bicyclic) bond motifs is 1. The number of hydrogen-bond donors (Lipinski definition) is 2. The lowest BCUT2D eigenvalue weighted by atomic mass is 9.88. The minimum Gasteiger partial charge on any atom is -0.368 e. The number of alkyl halides is 2. The summed E-state index contributed by atoms with van der Waals surface area (Å²) in [5.74, 6) is 0.287. The third-order valence-corrected chi connectivity index (χ3v) is 7.37. The van der Waals surface area contributed by atoms with E-state index in [9.17, 15) is 8.78 Å². The standard InChI is InChI=1S/C32H33F2N7O/c1-20-10-4-6-12-22(20)23-13-7-5-11-21(23)18-32(2,3)40-30-37-28(26-19-35-16-17-42-26)38-31(39-30)41-25-15-9-8-14-24(25)36-29(41)27(33)34/h4-15,26-27,35H,16-19H2,1-3H3,(H,37,38,39,40). The maximum atomic E-state index is 14.2. The molecule has 1 saturated heterocycles. The first-order valence-electron chi connectivity index (χ1n) is 14.1. The molecule has 0 aliphatic carbocycles. The summed E-state index contributed by atoms with van der Waals surface area (Å²) in [5.41, 5.74) is 5.13. The van der Waals surface area contributed by atoms with Crippen LogP contribution in [0.25, 0.3) is 28.1 Å². The van der Waals surface area contributed by atoms with Crippen LogP contribution in [0, 0.1) is 6.92 Å². The number of imidazole rings is 1. The topological polar surface area (TPSA) is 89.8 Å². The van der Waals surface area contributed by atoms with Gasteiger partial charge >= 0.3 is 0 Å². The number of ether oxygens (including phenoxy) is 1. The van der Waals surface area contributed by atoms with Crippen molar-refractivity contribution in [1.82, 2.24) is 29.8 Å². The van der Waals surface area contributed by atoms with Gasteiger partial charge in [-0.25, -0.2) is 13.8 Å². The Morgan fingerprint density at radius 3 is 2.45 bits per heavy atom. The molecule has 0 amide bonds. The fraction of sp³-hybridized carbons (Fsp3) is 0.312. The Morgan fingerprint density at radius 1 is 0.952 bits per heavy atom. The zero-order valence-corrected chi connectivity index (χ0v) is 23.8. The van der Waals surface area contributed by atoms with E-state index in [1.54, 1.807) is 24.3 Å². The Morgan fingerprint density at radius 2 is 1.69 bits per heavy atom. The summed E-state index contributed by atoms with van der Waals surface area (Å²) >= 11 is 0. The molecule has 3 heterocycles. The van der Waals surface area contributed by atoms with Gasteiger partial charge < -0.3 is 15.4 Å². The number of hydrogen-bond acceptors (Lipinski definition) is 7. The number of aryl methyl sites for hydroxylation is 1. The fourth-order valence-corrected chi connectivity index (χ4v) is 5.45. The van der Waals surface area contributed by atoms with Gasteiger partial charge in [-0.1, -0.05) is 60.7 Å². The van der Waals surface area contributed by atoms with E-state index in [4.69, 9.17) is 9.72 Å². The van der Waals surface area contributed by atoms with E-state index in [1.807, 2.05) is 24.3 Å². The Kier molecular flexibility index (Phi) is 7.66. The number of morpholine rings is 1. The summed E-state index contributed by atoms with van der Waals surface area (Å²) in [5, 5.41) is 6.77. The number of nitrogens with one attached hydrogen (secondary N) is 2. The molecule has 0 radical (unpaired) electrons. The van der Waals surface area contributed by atoms with Gasteiger partial charge in [-0.15, -0.1) is 0 Å². The maximum absolute atomic E-state index is 14.2.